The fourth-order valence-electron chi connectivity index (χ4n) is 3.26. The highest BCUT2D eigenvalue weighted by Gasteiger charge is 2.28. The van der Waals surface area contributed by atoms with Gasteiger partial charge in [-0.15, -0.1) is 0 Å². The van der Waals surface area contributed by atoms with E-state index in [1.54, 1.807) is 0 Å². The standard InChI is InChI=1S/C19H26N2O2/c22-19(18-8-15-23-16-9-18)21-13-11-20(12-14-21)10-4-7-17-5-2-1-3-6-17/h1-7,18H,8-16H2/b7-4+. The largest absolute Gasteiger partial charge is 0.381 e. The van der Waals surface area contributed by atoms with Crippen LogP contribution in [0.2, 0.25) is 0 Å². The molecule has 2 heterocycles. The summed E-state index contributed by atoms with van der Waals surface area (Å²) in [5, 5.41) is 0. The van der Waals surface area contributed by atoms with E-state index in [2.05, 4.69) is 41.3 Å². The van der Waals surface area contributed by atoms with Crippen LogP contribution in [-0.2, 0) is 9.53 Å². The first-order chi connectivity index (χ1) is 11.3. The Morgan fingerprint density at radius 3 is 2.48 bits per heavy atom. The van der Waals surface area contributed by atoms with Gasteiger partial charge in [0, 0.05) is 51.9 Å². The van der Waals surface area contributed by atoms with Crippen molar-refractivity contribution in [2.45, 2.75) is 12.8 Å². The molecule has 1 aromatic rings. The first-order valence-electron chi connectivity index (χ1n) is 8.63. The normalized spacial score (nSPS) is 21.0. The minimum atomic E-state index is 0.188. The molecule has 0 saturated carbocycles. The molecule has 23 heavy (non-hydrogen) atoms. The monoisotopic (exact) mass is 314 g/mol. The summed E-state index contributed by atoms with van der Waals surface area (Å²) < 4.78 is 5.35. The van der Waals surface area contributed by atoms with Gasteiger partial charge in [-0.3, -0.25) is 9.69 Å². The zero-order valence-corrected chi connectivity index (χ0v) is 13.7. The maximum absolute atomic E-state index is 12.5. The van der Waals surface area contributed by atoms with Crippen LogP contribution >= 0.6 is 0 Å². The van der Waals surface area contributed by atoms with Crippen LogP contribution in [0.5, 0.6) is 0 Å². The van der Waals surface area contributed by atoms with E-state index in [0.29, 0.717) is 5.91 Å². The second kappa shape index (κ2) is 8.27. The summed E-state index contributed by atoms with van der Waals surface area (Å²) in [7, 11) is 0. The second-order valence-corrected chi connectivity index (χ2v) is 6.33. The van der Waals surface area contributed by atoms with Crippen LogP contribution in [0, 0.1) is 5.92 Å². The quantitative estimate of drug-likeness (QED) is 0.855. The van der Waals surface area contributed by atoms with Crippen LogP contribution < -0.4 is 0 Å². The Kier molecular flexibility index (Phi) is 5.83. The third kappa shape index (κ3) is 4.66. The molecule has 2 aliphatic rings. The first-order valence-corrected chi connectivity index (χ1v) is 8.63. The third-order valence-electron chi connectivity index (χ3n) is 4.73. The summed E-state index contributed by atoms with van der Waals surface area (Å²) in [6.45, 7) is 6.07. The lowest BCUT2D eigenvalue weighted by atomic mass is 9.98. The molecule has 1 amide bonds. The first kappa shape index (κ1) is 16.2. The minimum absolute atomic E-state index is 0.188. The van der Waals surface area contributed by atoms with Crippen molar-refractivity contribution >= 4 is 12.0 Å². The van der Waals surface area contributed by atoms with Gasteiger partial charge in [-0.2, -0.15) is 0 Å². The van der Waals surface area contributed by atoms with Gasteiger partial charge >= 0.3 is 0 Å². The molecule has 0 spiro atoms. The van der Waals surface area contributed by atoms with E-state index < -0.39 is 0 Å². The van der Waals surface area contributed by atoms with Crippen LogP contribution in [0.1, 0.15) is 18.4 Å². The summed E-state index contributed by atoms with van der Waals surface area (Å²) in [6, 6.07) is 10.4. The molecular formula is C19H26N2O2. The van der Waals surface area contributed by atoms with Gasteiger partial charge < -0.3 is 9.64 Å². The lowest BCUT2D eigenvalue weighted by Crippen LogP contribution is -2.50. The van der Waals surface area contributed by atoms with Gasteiger partial charge in [-0.25, -0.2) is 0 Å². The Bertz CT molecular complexity index is 515. The van der Waals surface area contributed by atoms with Gasteiger partial charge in [0.2, 0.25) is 5.91 Å². The average molecular weight is 314 g/mol. The highest BCUT2D eigenvalue weighted by atomic mass is 16.5. The van der Waals surface area contributed by atoms with Gasteiger partial charge in [0.25, 0.3) is 0 Å². The Morgan fingerprint density at radius 1 is 1.09 bits per heavy atom. The van der Waals surface area contributed by atoms with Crippen molar-refractivity contribution < 1.29 is 9.53 Å². The van der Waals surface area contributed by atoms with E-state index in [9.17, 15) is 4.79 Å². The molecule has 0 radical (unpaired) electrons. The Hall–Kier alpha value is -1.65. The van der Waals surface area contributed by atoms with Crippen molar-refractivity contribution in [3.8, 4) is 0 Å². The third-order valence-corrected chi connectivity index (χ3v) is 4.73. The second-order valence-electron chi connectivity index (χ2n) is 6.33. The van der Waals surface area contributed by atoms with Crippen molar-refractivity contribution in [2.75, 3.05) is 45.9 Å². The molecule has 2 fully saturated rings. The summed E-state index contributed by atoms with van der Waals surface area (Å²) in [6.07, 6.45) is 6.16. The molecule has 2 aliphatic heterocycles. The molecule has 0 N–H and O–H groups in total. The Morgan fingerprint density at radius 2 is 1.78 bits per heavy atom. The zero-order valence-electron chi connectivity index (χ0n) is 13.7. The zero-order chi connectivity index (χ0) is 15.9. The Balaban J connectivity index is 1.41. The summed E-state index contributed by atoms with van der Waals surface area (Å²) in [4.78, 5) is 17.0. The SMILES string of the molecule is O=C(C1CCOCC1)N1CCN(C/C=C/c2ccccc2)CC1. The van der Waals surface area contributed by atoms with Gasteiger partial charge in [-0.1, -0.05) is 42.5 Å². The Labute approximate surface area is 138 Å². The maximum atomic E-state index is 12.5. The molecule has 2 saturated heterocycles. The molecule has 3 rings (SSSR count). The summed E-state index contributed by atoms with van der Waals surface area (Å²) >= 11 is 0. The number of amides is 1. The van der Waals surface area contributed by atoms with Gasteiger partial charge in [0.15, 0.2) is 0 Å². The van der Waals surface area contributed by atoms with Gasteiger partial charge in [0.05, 0.1) is 0 Å². The molecule has 124 valence electrons. The molecule has 4 heteroatoms. The number of rotatable bonds is 4. The van der Waals surface area contributed by atoms with Crippen LogP contribution in [-0.4, -0.2) is 61.6 Å². The molecule has 4 nitrogen and oxygen atoms in total. The summed E-state index contributed by atoms with van der Waals surface area (Å²) in [5.41, 5.74) is 1.24. The van der Waals surface area contributed by atoms with E-state index in [4.69, 9.17) is 4.74 Å². The van der Waals surface area contributed by atoms with E-state index in [1.165, 1.54) is 5.56 Å². The van der Waals surface area contributed by atoms with E-state index in [-0.39, 0.29) is 5.92 Å². The molecule has 0 bridgehead atoms. The number of carbonyl (C=O) groups is 1. The predicted molar refractivity (Wildman–Crippen MR) is 92.0 cm³/mol. The molecule has 0 aliphatic carbocycles. The number of nitrogens with zero attached hydrogens (tertiary/aromatic N) is 2. The number of piperazine rings is 1. The number of hydrogen-bond acceptors (Lipinski definition) is 3. The van der Waals surface area contributed by atoms with Crippen LogP contribution in [0.15, 0.2) is 36.4 Å². The average Bonchev–Trinajstić information content (AvgIpc) is 2.63. The number of carbonyl (C=O) groups excluding carboxylic acids is 1. The van der Waals surface area contributed by atoms with Gasteiger partial charge in [0.1, 0.15) is 0 Å². The lowest BCUT2D eigenvalue weighted by molar-refractivity contribution is -0.140. The van der Waals surface area contributed by atoms with Crippen molar-refractivity contribution in [1.82, 2.24) is 9.80 Å². The van der Waals surface area contributed by atoms with Gasteiger partial charge in [-0.05, 0) is 18.4 Å². The highest BCUT2D eigenvalue weighted by Crippen LogP contribution is 2.18. The van der Waals surface area contributed by atoms with Crippen LogP contribution in [0.3, 0.4) is 0 Å². The number of benzene rings is 1. The highest BCUT2D eigenvalue weighted by molar-refractivity contribution is 5.79. The molecular weight excluding hydrogens is 288 g/mol. The van der Waals surface area contributed by atoms with Crippen molar-refractivity contribution in [2.24, 2.45) is 5.92 Å². The van der Waals surface area contributed by atoms with Crippen LogP contribution in [0.25, 0.3) is 6.08 Å². The smallest absolute Gasteiger partial charge is 0.225 e. The van der Waals surface area contributed by atoms with E-state index in [1.807, 2.05) is 11.0 Å². The fraction of sp³-hybridized carbons (Fsp3) is 0.526. The summed E-state index contributed by atoms with van der Waals surface area (Å²) in [5.74, 6) is 0.529. The topological polar surface area (TPSA) is 32.8 Å². The van der Waals surface area contributed by atoms with Crippen molar-refractivity contribution in [3.63, 3.8) is 0 Å². The molecule has 0 atom stereocenters. The maximum Gasteiger partial charge on any atom is 0.225 e. The number of ether oxygens (including phenoxy) is 1. The minimum Gasteiger partial charge on any atom is -0.381 e. The molecule has 0 unspecified atom stereocenters. The van der Waals surface area contributed by atoms with Crippen molar-refractivity contribution in [1.29, 1.82) is 0 Å². The molecule has 0 aromatic heterocycles. The number of hydrogen-bond donors (Lipinski definition) is 0. The van der Waals surface area contributed by atoms with E-state index in [0.717, 1.165) is 58.8 Å². The van der Waals surface area contributed by atoms with E-state index >= 15 is 0 Å². The predicted octanol–water partition coefficient (Wildman–Crippen LogP) is 2.27. The van der Waals surface area contributed by atoms with Crippen molar-refractivity contribution in [3.05, 3.63) is 42.0 Å². The lowest BCUT2D eigenvalue weighted by Gasteiger charge is -2.36. The van der Waals surface area contributed by atoms with Crippen LogP contribution in [0.4, 0.5) is 0 Å². The fourth-order valence-corrected chi connectivity index (χ4v) is 3.26. The molecule has 1 aromatic carbocycles.